The van der Waals surface area contributed by atoms with Crippen molar-refractivity contribution in [3.05, 3.63) is 12.2 Å². The third-order valence-corrected chi connectivity index (χ3v) is 4.91. The van der Waals surface area contributed by atoms with Crippen LogP contribution >= 0.6 is 0 Å². The van der Waals surface area contributed by atoms with E-state index in [1.165, 1.54) is 0 Å². The van der Waals surface area contributed by atoms with Crippen molar-refractivity contribution in [2.75, 3.05) is 19.8 Å². The van der Waals surface area contributed by atoms with E-state index in [2.05, 4.69) is 24.4 Å². The Morgan fingerprint density at radius 2 is 2.00 bits per heavy atom. The van der Waals surface area contributed by atoms with E-state index >= 15 is 0 Å². The Balaban J connectivity index is 1.57. The fourth-order valence-electron chi connectivity index (χ4n) is 3.29. The molecule has 0 amide bonds. The second kappa shape index (κ2) is 8.89. The molecule has 1 fully saturated rings. The van der Waals surface area contributed by atoms with Crippen LogP contribution in [-0.4, -0.2) is 48.2 Å². The van der Waals surface area contributed by atoms with Crippen molar-refractivity contribution in [3.63, 3.8) is 0 Å². The van der Waals surface area contributed by atoms with Crippen LogP contribution in [-0.2, 0) is 4.74 Å². The van der Waals surface area contributed by atoms with Crippen molar-refractivity contribution in [1.29, 1.82) is 0 Å². The average Bonchev–Trinajstić information content (AvgIpc) is 2.48. The minimum atomic E-state index is -0.492. The number of aliphatic hydroxyl groups is 2. The fourth-order valence-corrected chi connectivity index (χ4v) is 3.29. The van der Waals surface area contributed by atoms with Crippen LogP contribution in [0.2, 0.25) is 0 Å². The molecular weight excluding hydrogens is 266 g/mol. The highest BCUT2D eigenvalue weighted by atomic mass is 16.5. The van der Waals surface area contributed by atoms with Gasteiger partial charge in [-0.15, -0.1) is 0 Å². The van der Waals surface area contributed by atoms with E-state index < -0.39 is 6.10 Å². The lowest BCUT2D eigenvalue weighted by Crippen LogP contribution is -2.45. The molecule has 5 unspecified atom stereocenters. The molecule has 0 heterocycles. The van der Waals surface area contributed by atoms with Crippen LogP contribution in [0.3, 0.4) is 0 Å². The summed E-state index contributed by atoms with van der Waals surface area (Å²) in [5.74, 6) is 1.25. The Labute approximate surface area is 128 Å². The van der Waals surface area contributed by atoms with Gasteiger partial charge in [0.05, 0.1) is 25.4 Å². The van der Waals surface area contributed by atoms with Crippen LogP contribution in [0.5, 0.6) is 0 Å². The number of hydrogen-bond donors (Lipinski definition) is 3. The van der Waals surface area contributed by atoms with Gasteiger partial charge in [-0.25, -0.2) is 0 Å². The molecule has 0 aliphatic heterocycles. The maximum Gasteiger partial charge on any atom is 0.0897 e. The summed E-state index contributed by atoms with van der Waals surface area (Å²) < 4.78 is 5.69. The van der Waals surface area contributed by atoms with E-state index in [1.807, 2.05) is 0 Å². The first-order valence-electron chi connectivity index (χ1n) is 8.49. The molecule has 0 bridgehead atoms. The van der Waals surface area contributed by atoms with Crippen LogP contribution in [0, 0.1) is 11.8 Å². The second-order valence-electron chi connectivity index (χ2n) is 6.74. The molecule has 0 aromatic heterocycles. The highest BCUT2D eigenvalue weighted by Crippen LogP contribution is 2.25. The van der Waals surface area contributed by atoms with Crippen molar-refractivity contribution < 1.29 is 14.9 Å². The predicted molar refractivity (Wildman–Crippen MR) is 84.1 cm³/mol. The van der Waals surface area contributed by atoms with Crippen LogP contribution < -0.4 is 5.32 Å². The maximum absolute atomic E-state index is 9.98. The normalized spacial score (nSPS) is 34.8. The first-order valence-corrected chi connectivity index (χ1v) is 8.49. The maximum atomic E-state index is 9.98. The third kappa shape index (κ3) is 5.70. The van der Waals surface area contributed by atoms with Crippen molar-refractivity contribution in [3.8, 4) is 0 Å². The average molecular weight is 297 g/mol. The topological polar surface area (TPSA) is 61.7 Å². The Morgan fingerprint density at radius 1 is 1.24 bits per heavy atom. The van der Waals surface area contributed by atoms with Gasteiger partial charge in [-0.2, -0.15) is 0 Å². The first-order chi connectivity index (χ1) is 10.2. The van der Waals surface area contributed by atoms with E-state index in [1.54, 1.807) is 0 Å². The van der Waals surface area contributed by atoms with Crippen molar-refractivity contribution in [2.24, 2.45) is 11.8 Å². The van der Waals surface area contributed by atoms with Gasteiger partial charge in [0.2, 0.25) is 0 Å². The summed E-state index contributed by atoms with van der Waals surface area (Å²) in [5.41, 5.74) is 0. The largest absolute Gasteiger partial charge is 0.392 e. The molecule has 0 spiro atoms. The highest BCUT2D eigenvalue weighted by Gasteiger charge is 2.23. The molecule has 122 valence electrons. The number of nitrogens with one attached hydrogen (secondary N) is 1. The molecule has 21 heavy (non-hydrogen) atoms. The number of aliphatic hydroxyl groups excluding tert-OH is 2. The summed E-state index contributed by atoms with van der Waals surface area (Å²) in [6.45, 7) is 3.87. The number of ether oxygens (including phenoxy) is 1. The van der Waals surface area contributed by atoms with Gasteiger partial charge in [0, 0.05) is 12.6 Å². The molecule has 4 nitrogen and oxygen atoms in total. The molecule has 0 radical (unpaired) electrons. The lowest BCUT2D eigenvalue weighted by Gasteiger charge is -2.29. The summed E-state index contributed by atoms with van der Waals surface area (Å²) in [6.07, 6.45) is 10.1. The van der Waals surface area contributed by atoms with Crippen LogP contribution in [0.1, 0.15) is 45.4 Å². The Hall–Kier alpha value is -0.420. The van der Waals surface area contributed by atoms with Crippen LogP contribution in [0.4, 0.5) is 0 Å². The SMILES string of the molecule is CC1CC=CCC1COCC(O)CNC1CCCCC1O. The number of hydrogen-bond acceptors (Lipinski definition) is 4. The number of rotatable bonds is 7. The lowest BCUT2D eigenvalue weighted by molar-refractivity contribution is 0.00747. The zero-order valence-electron chi connectivity index (χ0n) is 13.2. The molecule has 0 aromatic rings. The van der Waals surface area contributed by atoms with E-state index in [0.29, 0.717) is 25.0 Å². The first kappa shape index (κ1) is 16.9. The number of allylic oxidation sites excluding steroid dienone is 2. The molecule has 3 N–H and O–H groups in total. The standard InChI is InChI=1S/C17H31NO3/c1-13-6-2-3-7-14(13)11-21-12-15(19)10-18-16-8-4-5-9-17(16)20/h2-3,13-20H,4-12H2,1H3. The smallest absolute Gasteiger partial charge is 0.0897 e. The molecule has 1 saturated carbocycles. The van der Waals surface area contributed by atoms with Gasteiger partial charge in [-0.3, -0.25) is 0 Å². The molecule has 0 saturated heterocycles. The van der Waals surface area contributed by atoms with Gasteiger partial charge < -0.3 is 20.3 Å². The lowest BCUT2D eigenvalue weighted by atomic mass is 9.85. The van der Waals surface area contributed by atoms with Gasteiger partial charge >= 0.3 is 0 Å². The molecule has 0 aromatic carbocycles. The minimum absolute atomic E-state index is 0.136. The predicted octanol–water partition coefficient (Wildman–Crippen LogP) is 1.86. The fraction of sp³-hybridized carbons (Fsp3) is 0.882. The van der Waals surface area contributed by atoms with E-state index in [4.69, 9.17) is 4.74 Å². The van der Waals surface area contributed by atoms with Crippen molar-refractivity contribution >= 4 is 0 Å². The second-order valence-corrected chi connectivity index (χ2v) is 6.74. The third-order valence-electron chi connectivity index (χ3n) is 4.91. The van der Waals surface area contributed by atoms with Gasteiger partial charge in [-0.1, -0.05) is 31.9 Å². The van der Waals surface area contributed by atoms with Crippen LogP contribution in [0.15, 0.2) is 12.2 Å². The van der Waals surface area contributed by atoms with E-state index in [-0.39, 0.29) is 12.1 Å². The molecular formula is C17H31NO3. The van der Waals surface area contributed by atoms with E-state index in [0.717, 1.165) is 45.1 Å². The minimum Gasteiger partial charge on any atom is -0.392 e. The molecule has 2 aliphatic carbocycles. The van der Waals surface area contributed by atoms with E-state index in [9.17, 15) is 10.2 Å². The molecule has 2 rings (SSSR count). The Morgan fingerprint density at radius 3 is 2.76 bits per heavy atom. The molecule has 5 atom stereocenters. The Bertz CT molecular complexity index is 321. The zero-order chi connectivity index (χ0) is 15.1. The summed E-state index contributed by atoms with van der Waals surface area (Å²) in [4.78, 5) is 0. The van der Waals surface area contributed by atoms with Gasteiger partial charge in [0.1, 0.15) is 0 Å². The van der Waals surface area contributed by atoms with Gasteiger partial charge in [-0.05, 0) is 37.5 Å². The zero-order valence-corrected chi connectivity index (χ0v) is 13.2. The van der Waals surface area contributed by atoms with Gasteiger partial charge in [0.15, 0.2) is 0 Å². The van der Waals surface area contributed by atoms with Crippen molar-refractivity contribution in [2.45, 2.75) is 63.7 Å². The monoisotopic (exact) mass is 297 g/mol. The molecule has 2 aliphatic rings. The summed E-state index contributed by atoms with van der Waals surface area (Å²) in [7, 11) is 0. The summed E-state index contributed by atoms with van der Waals surface area (Å²) in [5, 5.41) is 23.1. The Kier molecular flexibility index (Phi) is 7.17. The van der Waals surface area contributed by atoms with Gasteiger partial charge in [0.25, 0.3) is 0 Å². The van der Waals surface area contributed by atoms with Crippen molar-refractivity contribution in [1.82, 2.24) is 5.32 Å². The summed E-state index contributed by atoms with van der Waals surface area (Å²) in [6, 6.07) is 0.136. The summed E-state index contributed by atoms with van der Waals surface area (Å²) >= 11 is 0. The molecule has 4 heteroatoms. The highest BCUT2D eigenvalue weighted by molar-refractivity contribution is 4.93. The quantitative estimate of drug-likeness (QED) is 0.628. The van der Waals surface area contributed by atoms with Crippen LogP contribution in [0.25, 0.3) is 0 Å².